The molecule has 0 N–H and O–H groups in total. The van der Waals surface area contributed by atoms with Gasteiger partial charge in [-0.1, -0.05) is 19.1 Å². The number of nitrogens with zero attached hydrogens (tertiary/aromatic N) is 2. The van der Waals surface area contributed by atoms with E-state index in [2.05, 4.69) is 6.92 Å². The summed E-state index contributed by atoms with van der Waals surface area (Å²) in [6.07, 6.45) is 0.843. The molecule has 1 heterocycles. The maximum atomic E-state index is 14.1. The number of benzene rings is 2. The number of amides is 1. The number of hydrogen-bond acceptors (Lipinski definition) is 5. The van der Waals surface area contributed by atoms with Crippen LogP contribution in [0.15, 0.2) is 47.4 Å². The molecule has 0 unspecified atom stereocenters. The van der Waals surface area contributed by atoms with E-state index in [9.17, 15) is 14.0 Å². The third-order valence-corrected chi connectivity index (χ3v) is 5.77. The zero-order chi connectivity index (χ0) is 20.3. The van der Waals surface area contributed by atoms with Gasteiger partial charge in [0.2, 0.25) is 0 Å². The minimum Gasteiger partial charge on any atom is -0.452 e. The van der Waals surface area contributed by atoms with Crippen LogP contribution in [-0.2, 0) is 9.53 Å². The van der Waals surface area contributed by atoms with Crippen LogP contribution in [0.25, 0.3) is 0 Å². The summed E-state index contributed by atoms with van der Waals surface area (Å²) in [6.45, 7) is 2.30. The maximum Gasteiger partial charge on any atom is 0.338 e. The molecule has 2 aromatic carbocycles. The molecule has 0 spiro atoms. The summed E-state index contributed by atoms with van der Waals surface area (Å²) in [7, 11) is 3.43. The molecule has 1 amide bonds. The zero-order valence-electron chi connectivity index (χ0n) is 16.1. The molecule has 0 bridgehead atoms. The summed E-state index contributed by atoms with van der Waals surface area (Å²) in [5.41, 5.74) is 1.29. The van der Waals surface area contributed by atoms with Crippen LogP contribution < -0.4 is 9.80 Å². The summed E-state index contributed by atoms with van der Waals surface area (Å²) in [6, 6.07) is 11.8. The number of ether oxygens (including phenoxy) is 1. The van der Waals surface area contributed by atoms with Gasteiger partial charge in [0.05, 0.1) is 16.9 Å². The normalized spacial score (nSPS) is 16.1. The first-order chi connectivity index (χ1) is 13.4. The zero-order valence-corrected chi connectivity index (χ0v) is 17.0. The average Bonchev–Trinajstić information content (AvgIpc) is 2.83. The Hall–Kier alpha value is -2.54. The van der Waals surface area contributed by atoms with E-state index in [1.54, 1.807) is 35.7 Å². The number of carbonyl (C=O) groups excluding carboxylic acids is 2. The van der Waals surface area contributed by atoms with Crippen molar-refractivity contribution in [2.75, 3.05) is 37.0 Å². The number of carbonyl (C=O) groups is 2. The molecule has 0 fully saturated rings. The molecule has 0 saturated carbocycles. The molecule has 1 aliphatic heterocycles. The Kier molecular flexibility index (Phi) is 6.24. The lowest BCUT2D eigenvalue weighted by atomic mass is 10.2. The second-order valence-electron chi connectivity index (χ2n) is 6.87. The second-order valence-corrected chi connectivity index (χ2v) is 8.35. The van der Waals surface area contributed by atoms with E-state index in [1.165, 1.54) is 12.1 Å². The Morgan fingerprint density at radius 3 is 2.71 bits per heavy atom. The van der Waals surface area contributed by atoms with Crippen LogP contribution in [-0.4, -0.2) is 44.4 Å². The topological polar surface area (TPSA) is 49.9 Å². The van der Waals surface area contributed by atoms with Crippen LogP contribution in [0.5, 0.6) is 0 Å². The van der Waals surface area contributed by atoms with Crippen molar-refractivity contribution in [3.63, 3.8) is 0 Å². The molecule has 0 aromatic heterocycles. The van der Waals surface area contributed by atoms with E-state index < -0.39 is 11.8 Å². The third-order valence-electron chi connectivity index (χ3n) is 4.54. The van der Waals surface area contributed by atoms with Crippen LogP contribution in [0, 0.1) is 5.82 Å². The number of thioether (sulfide) groups is 1. The van der Waals surface area contributed by atoms with Crippen molar-refractivity contribution in [2.45, 2.75) is 23.5 Å². The number of halogens is 1. The van der Waals surface area contributed by atoms with E-state index in [1.807, 2.05) is 24.3 Å². The summed E-state index contributed by atoms with van der Waals surface area (Å²) in [5.74, 6) is -1.53. The quantitative estimate of drug-likeness (QED) is 0.725. The molecule has 3 rings (SSSR count). The molecule has 7 heteroatoms. The number of rotatable bonds is 4. The lowest BCUT2D eigenvalue weighted by Gasteiger charge is -2.22. The molecule has 28 heavy (non-hydrogen) atoms. The fraction of sp³-hybridized carbons (Fsp3) is 0.333. The lowest BCUT2D eigenvalue weighted by molar-refractivity contribution is -0.121. The third kappa shape index (κ3) is 4.47. The first-order valence-corrected chi connectivity index (χ1v) is 9.95. The standard InChI is InChI=1S/C21H23FN2O3S/c1-14-10-11-24(18-6-4-5-7-19(18)28-14)20(25)13-27-21(26)15-8-9-17(23(2)3)16(22)12-15/h4-9,12,14H,10-11,13H2,1-3H3/t14-/m0/s1. The fourth-order valence-corrected chi connectivity index (χ4v) is 4.14. The predicted octanol–water partition coefficient (Wildman–Crippen LogP) is 3.97. The molecule has 148 valence electrons. The fourth-order valence-electron chi connectivity index (χ4n) is 3.03. The lowest BCUT2D eigenvalue weighted by Crippen LogP contribution is -2.35. The van der Waals surface area contributed by atoms with Crippen molar-refractivity contribution in [2.24, 2.45) is 0 Å². The monoisotopic (exact) mass is 402 g/mol. The van der Waals surface area contributed by atoms with Crippen molar-refractivity contribution >= 4 is 35.0 Å². The first-order valence-electron chi connectivity index (χ1n) is 9.07. The average molecular weight is 402 g/mol. The van der Waals surface area contributed by atoms with Crippen LogP contribution in [0.2, 0.25) is 0 Å². The smallest absolute Gasteiger partial charge is 0.338 e. The highest BCUT2D eigenvalue weighted by Crippen LogP contribution is 2.37. The number of esters is 1. The van der Waals surface area contributed by atoms with Gasteiger partial charge in [0.15, 0.2) is 6.61 Å². The van der Waals surface area contributed by atoms with Crippen molar-refractivity contribution in [3.8, 4) is 0 Å². The van der Waals surface area contributed by atoms with Crippen LogP contribution in [0.3, 0.4) is 0 Å². The van der Waals surface area contributed by atoms with Gasteiger partial charge in [-0.15, -0.1) is 11.8 Å². The van der Waals surface area contributed by atoms with E-state index in [4.69, 9.17) is 4.74 Å². The molecule has 0 radical (unpaired) electrons. The van der Waals surface area contributed by atoms with Crippen molar-refractivity contribution in [1.82, 2.24) is 0 Å². The van der Waals surface area contributed by atoms with E-state index in [0.29, 0.717) is 17.5 Å². The van der Waals surface area contributed by atoms with Gasteiger partial charge in [0.25, 0.3) is 5.91 Å². The Balaban J connectivity index is 1.68. The minimum absolute atomic E-state index is 0.0799. The molecule has 1 aliphatic rings. The Morgan fingerprint density at radius 1 is 1.25 bits per heavy atom. The van der Waals surface area contributed by atoms with Gasteiger partial charge in [-0.25, -0.2) is 9.18 Å². The van der Waals surface area contributed by atoms with Crippen LogP contribution >= 0.6 is 11.8 Å². The van der Waals surface area contributed by atoms with Gasteiger partial charge < -0.3 is 14.5 Å². The summed E-state index contributed by atoms with van der Waals surface area (Å²) in [5, 5.41) is 0.389. The van der Waals surface area contributed by atoms with Crippen molar-refractivity contribution < 1.29 is 18.7 Å². The van der Waals surface area contributed by atoms with Gasteiger partial charge in [-0.2, -0.15) is 0 Å². The van der Waals surface area contributed by atoms with Gasteiger partial charge in [0, 0.05) is 30.8 Å². The van der Waals surface area contributed by atoms with Crippen molar-refractivity contribution in [1.29, 1.82) is 0 Å². The van der Waals surface area contributed by atoms with E-state index in [-0.39, 0.29) is 18.1 Å². The Bertz CT molecular complexity index is 888. The van der Waals surface area contributed by atoms with Gasteiger partial charge in [-0.3, -0.25) is 4.79 Å². The highest BCUT2D eigenvalue weighted by molar-refractivity contribution is 8.00. The van der Waals surface area contributed by atoms with E-state index >= 15 is 0 Å². The molecule has 5 nitrogen and oxygen atoms in total. The SMILES string of the molecule is C[C@H]1CCN(C(=O)COC(=O)c2ccc(N(C)C)c(F)c2)c2ccccc2S1. The number of fused-ring (bicyclic) bond motifs is 1. The molecule has 2 aromatic rings. The summed E-state index contributed by atoms with van der Waals surface area (Å²) in [4.78, 5) is 29.3. The highest BCUT2D eigenvalue weighted by Gasteiger charge is 2.25. The van der Waals surface area contributed by atoms with E-state index in [0.717, 1.165) is 23.1 Å². The van der Waals surface area contributed by atoms with Gasteiger partial charge >= 0.3 is 5.97 Å². The largest absolute Gasteiger partial charge is 0.452 e. The molecule has 1 atom stereocenters. The number of anilines is 2. The highest BCUT2D eigenvalue weighted by atomic mass is 32.2. The first kappa shape index (κ1) is 20.2. The number of hydrogen-bond donors (Lipinski definition) is 0. The molecule has 0 aliphatic carbocycles. The molecular formula is C21H23FN2O3S. The van der Waals surface area contributed by atoms with Crippen LogP contribution in [0.1, 0.15) is 23.7 Å². The summed E-state index contributed by atoms with van der Waals surface area (Å²) >= 11 is 1.73. The van der Waals surface area contributed by atoms with Gasteiger partial charge in [-0.05, 0) is 36.8 Å². The minimum atomic E-state index is -0.719. The molecule has 0 saturated heterocycles. The Morgan fingerprint density at radius 2 is 2.00 bits per heavy atom. The maximum absolute atomic E-state index is 14.1. The van der Waals surface area contributed by atoms with Gasteiger partial charge in [0.1, 0.15) is 5.82 Å². The number of para-hydroxylation sites is 1. The van der Waals surface area contributed by atoms with Crippen LogP contribution in [0.4, 0.5) is 15.8 Å². The molecular weight excluding hydrogens is 379 g/mol. The Labute approximate surface area is 168 Å². The summed E-state index contributed by atoms with van der Waals surface area (Å²) < 4.78 is 19.2. The predicted molar refractivity (Wildman–Crippen MR) is 110 cm³/mol. The second kappa shape index (κ2) is 8.65. The van der Waals surface area contributed by atoms with Crippen molar-refractivity contribution in [3.05, 3.63) is 53.8 Å².